The highest BCUT2D eigenvalue weighted by Crippen LogP contribution is 2.30. The smallest absolute Gasteiger partial charge is 0.134 e. The minimum absolute atomic E-state index is 0.0349. The van der Waals surface area contributed by atoms with E-state index in [0.29, 0.717) is 35.6 Å². The molecule has 144 valence electrons. The maximum absolute atomic E-state index is 14.7. The van der Waals surface area contributed by atoms with E-state index in [1.807, 2.05) is 0 Å². The first-order chi connectivity index (χ1) is 12.8. The van der Waals surface area contributed by atoms with Crippen LogP contribution in [0, 0.1) is 17.6 Å². The molecular weight excluding hydrogens is 348 g/mol. The number of halogens is 2. The Kier molecular flexibility index (Phi) is 5.90. The van der Waals surface area contributed by atoms with Crippen molar-refractivity contribution in [1.29, 1.82) is 0 Å². The van der Waals surface area contributed by atoms with Crippen LogP contribution in [0.15, 0.2) is 41.6 Å². The van der Waals surface area contributed by atoms with E-state index < -0.39 is 17.7 Å². The van der Waals surface area contributed by atoms with Gasteiger partial charge in [0.05, 0.1) is 17.4 Å². The summed E-state index contributed by atoms with van der Waals surface area (Å²) in [5.74, 6) is -0.774. The molecule has 0 saturated carbocycles. The third-order valence-electron chi connectivity index (χ3n) is 4.62. The van der Waals surface area contributed by atoms with Gasteiger partial charge in [0, 0.05) is 12.0 Å². The van der Waals surface area contributed by atoms with Crippen LogP contribution in [0.1, 0.15) is 44.7 Å². The van der Waals surface area contributed by atoms with Crippen molar-refractivity contribution in [3.63, 3.8) is 0 Å². The van der Waals surface area contributed by atoms with Gasteiger partial charge in [-0.1, -0.05) is 43.3 Å². The topological polar surface area (TPSA) is 41.8 Å². The summed E-state index contributed by atoms with van der Waals surface area (Å²) in [4.78, 5) is 5.39. The largest absolute Gasteiger partial charge is 0.393 e. The second-order valence-electron chi connectivity index (χ2n) is 7.66. The monoisotopic (exact) mass is 373 g/mol. The fourth-order valence-corrected chi connectivity index (χ4v) is 3.42. The summed E-state index contributed by atoms with van der Waals surface area (Å²) < 4.78 is 29.4. The lowest BCUT2D eigenvalue weighted by Gasteiger charge is -2.11. The van der Waals surface area contributed by atoms with Crippen molar-refractivity contribution in [2.75, 3.05) is 0 Å². The second kappa shape index (κ2) is 8.17. The van der Waals surface area contributed by atoms with E-state index in [2.05, 4.69) is 19.0 Å². The van der Waals surface area contributed by atoms with Crippen LogP contribution < -0.4 is 0 Å². The first-order valence-corrected chi connectivity index (χ1v) is 9.33. The summed E-state index contributed by atoms with van der Waals surface area (Å²) in [6.07, 6.45) is 1.42. The van der Waals surface area contributed by atoms with Crippen LogP contribution >= 0.6 is 0 Å². The van der Waals surface area contributed by atoms with Crippen LogP contribution in [-0.4, -0.2) is 23.0 Å². The number of rotatable bonds is 6. The quantitative estimate of drug-likeness (QED) is 0.766. The van der Waals surface area contributed by atoms with E-state index in [0.717, 1.165) is 12.0 Å². The Morgan fingerprint density at radius 2 is 1.70 bits per heavy atom. The SMILES string of the molecule is CC(C)CC1CC(c2cc(F)c(-c3ccc(CC(C)O)cc3)c(F)c2)=NO1. The van der Waals surface area contributed by atoms with Crippen LogP contribution in [0.5, 0.6) is 0 Å². The van der Waals surface area contributed by atoms with E-state index in [1.54, 1.807) is 31.2 Å². The van der Waals surface area contributed by atoms with Gasteiger partial charge in [0.15, 0.2) is 0 Å². The molecule has 1 N–H and O–H groups in total. The van der Waals surface area contributed by atoms with Crippen molar-refractivity contribution in [3.05, 3.63) is 59.2 Å². The molecule has 0 amide bonds. The fourth-order valence-electron chi connectivity index (χ4n) is 3.42. The van der Waals surface area contributed by atoms with Gasteiger partial charge in [-0.15, -0.1) is 0 Å². The molecular formula is C22H25F2NO2. The Labute approximate surface area is 158 Å². The molecule has 1 aliphatic rings. The third kappa shape index (κ3) is 4.72. The number of benzene rings is 2. The van der Waals surface area contributed by atoms with Crippen molar-refractivity contribution in [3.8, 4) is 11.1 Å². The van der Waals surface area contributed by atoms with Gasteiger partial charge in [-0.2, -0.15) is 0 Å². The Balaban J connectivity index is 1.81. The van der Waals surface area contributed by atoms with Crippen LogP contribution in [-0.2, 0) is 11.3 Å². The molecule has 2 atom stereocenters. The van der Waals surface area contributed by atoms with Gasteiger partial charge in [0.2, 0.25) is 0 Å². The lowest BCUT2D eigenvalue weighted by Crippen LogP contribution is -2.11. The molecule has 1 heterocycles. The molecule has 0 aromatic heterocycles. The Bertz CT molecular complexity index is 806. The fraction of sp³-hybridized carbons (Fsp3) is 0.409. The Morgan fingerprint density at radius 3 is 2.26 bits per heavy atom. The molecule has 0 bridgehead atoms. The van der Waals surface area contributed by atoms with E-state index >= 15 is 0 Å². The molecule has 3 rings (SSSR count). The lowest BCUT2D eigenvalue weighted by atomic mass is 9.96. The van der Waals surface area contributed by atoms with Crippen LogP contribution in [0.4, 0.5) is 8.78 Å². The van der Waals surface area contributed by atoms with Gasteiger partial charge in [0.25, 0.3) is 0 Å². The van der Waals surface area contributed by atoms with Gasteiger partial charge in [-0.25, -0.2) is 8.78 Å². The molecule has 2 aromatic carbocycles. The van der Waals surface area contributed by atoms with Crippen molar-refractivity contribution < 1.29 is 18.7 Å². The molecule has 2 unspecified atom stereocenters. The zero-order valence-corrected chi connectivity index (χ0v) is 15.9. The molecule has 5 heteroatoms. The summed E-state index contributed by atoms with van der Waals surface area (Å²) in [5, 5.41) is 13.5. The van der Waals surface area contributed by atoms with Crippen LogP contribution in [0.3, 0.4) is 0 Å². The first-order valence-electron chi connectivity index (χ1n) is 9.33. The highest BCUT2D eigenvalue weighted by molar-refractivity contribution is 6.01. The minimum Gasteiger partial charge on any atom is -0.393 e. The summed E-state index contributed by atoms with van der Waals surface area (Å²) in [6, 6.07) is 9.55. The molecule has 0 spiro atoms. The van der Waals surface area contributed by atoms with Gasteiger partial charge in [-0.05, 0) is 48.9 Å². The van der Waals surface area contributed by atoms with Gasteiger partial charge in [0.1, 0.15) is 17.7 Å². The van der Waals surface area contributed by atoms with E-state index in [9.17, 15) is 13.9 Å². The number of oxime groups is 1. The Morgan fingerprint density at radius 1 is 1.07 bits per heavy atom. The molecule has 0 saturated heterocycles. The van der Waals surface area contributed by atoms with Crippen molar-refractivity contribution >= 4 is 5.71 Å². The predicted molar refractivity (Wildman–Crippen MR) is 103 cm³/mol. The predicted octanol–water partition coefficient (Wildman–Crippen LogP) is 5.09. The molecule has 0 aliphatic carbocycles. The normalized spacial score (nSPS) is 17.7. The van der Waals surface area contributed by atoms with Crippen molar-refractivity contribution in [2.45, 2.75) is 52.2 Å². The highest BCUT2D eigenvalue weighted by atomic mass is 19.1. The van der Waals surface area contributed by atoms with Crippen LogP contribution in [0.2, 0.25) is 0 Å². The molecule has 1 aliphatic heterocycles. The number of aliphatic hydroxyl groups is 1. The van der Waals surface area contributed by atoms with E-state index in [4.69, 9.17) is 4.84 Å². The average molecular weight is 373 g/mol. The van der Waals surface area contributed by atoms with E-state index in [1.165, 1.54) is 12.1 Å². The minimum atomic E-state index is -0.622. The van der Waals surface area contributed by atoms with Crippen LogP contribution in [0.25, 0.3) is 11.1 Å². The number of hydrogen-bond acceptors (Lipinski definition) is 3. The van der Waals surface area contributed by atoms with Gasteiger partial charge >= 0.3 is 0 Å². The molecule has 2 aromatic rings. The Hall–Kier alpha value is -2.27. The zero-order chi connectivity index (χ0) is 19.6. The molecule has 27 heavy (non-hydrogen) atoms. The standard InChI is InChI=1S/C22H25F2NO2/c1-13(2)8-18-12-21(25-27-18)17-10-19(23)22(20(24)11-17)16-6-4-15(5-7-16)9-14(3)26/h4-7,10-11,13-14,18,26H,8-9,12H2,1-3H3. The summed E-state index contributed by atoms with van der Waals surface area (Å²) in [7, 11) is 0. The average Bonchev–Trinajstić information content (AvgIpc) is 3.03. The number of nitrogens with zero attached hydrogens (tertiary/aromatic N) is 1. The maximum atomic E-state index is 14.7. The summed E-state index contributed by atoms with van der Waals surface area (Å²) in [5.41, 5.74) is 2.33. The zero-order valence-electron chi connectivity index (χ0n) is 15.9. The molecule has 0 fully saturated rings. The number of aliphatic hydroxyl groups excluding tert-OH is 1. The van der Waals surface area contributed by atoms with Crippen molar-refractivity contribution in [2.24, 2.45) is 11.1 Å². The van der Waals surface area contributed by atoms with Gasteiger partial charge in [-0.3, -0.25) is 0 Å². The second-order valence-corrected chi connectivity index (χ2v) is 7.66. The van der Waals surface area contributed by atoms with E-state index in [-0.39, 0.29) is 11.7 Å². The third-order valence-corrected chi connectivity index (χ3v) is 4.62. The summed E-state index contributed by atoms with van der Waals surface area (Å²) in [6.45, 7) is 5.90. The molecule has 3 nitrogen and oxygen atoms in total. The number of hydrogen-bond donors (Lipinski definition) is 1. The first kappa shape index (κ1) is 19.5. The van der Waals surface area contributed by atoms with Gasteiger partial charge < -0.3 is 9.94 Å². The summed E-state index contributed by atoms with van der Waals surface area (Å²) >= 11 is 0. The highest BCUT2D eigenvalue weighted by Gasteiger charge is 2.25. The molecule has 0 radical (unpaired) electrons. The lowest BCUT2D eigenvalue weighted by molar-refractivity contribution is 0.0698. The van der Waals surface area contributed by atoms with Crippen molar-refractivity contribution in [1.82, 2.24) is 0 Å². The maximum Gasteiger partial charge on any atom is 0.134 e.